The van der Waals surface area contributed by atoms with Crippen LogP contribution in [0.5, 0.6) is 0 Å². The number of piperidine rings is 1. The molecule has 1 aliphatic heterocycles. The Morgan fingerprint density at radius 3 is 2.61 bits per heavy atom. The molecule has 2 aromatic carbocycles. The van der Waals surface area contributed by atoms with E-state index in [-0.39, 0.29) is 23.5 Å². The van der Waals surface area contributed by atoms with Crippen molar-refractivity contribution in [2.75, 3.05) is 25.4 Å². The van der Waals surface area contributed by atoms with Crippen LogP contribution in [0.2, 0.25) is 0 Å². The predicted octanol–water partition coefficient (Wildman–Crippen LogP) is 4.14. The van der Waals surface area contributed by atoms with Crippen molar-refractivity contribution in [2.24, 2.45) is 5.92 Å². The Kier molecular flexibility index (Phi) is 7.44. The van der Waals surface area contributed by atoms with E-state index >= 15 is 0 Å². The molecule has 0 N–H and O–H groups in total. The van der Waals surface area contributed by atoms with E-state index in [1.54, 1.807) is 11.8 Å². The molecule has 0 aliphatic carbocycles. The molecule has 2 heterocycles. The number of amides is 1. The summed E-state index contributed by atoms with van der Waals surface area (Å²) < 4.78 is 7.17. The van der Waals surface area contributed by atoms with Crippen molar-refractivity contribution in [3.05, 3.63) is 60.2 Å². The fourth-order valence-electron chi connectivity index (χ4n) is 4.04. The molecule has 172 valence electrons. The van der Waals surface area contributed by atoms with Crippen LogP contribution in [0, 0.1) is 12.8 Å². The van der Waals surface area contributed by atoms with Crippen LogP contribution in [0.3, 0.4) is 0 Å². The van der Waals surface area contributed by atoms with Crippen molar-refractivity contribution < 1.29 is 14.3 Å². The number of aryl methyl sites for hydroxylation is 1. The van der Waals surface area contributed by atoms with E-state index < -0.39 is 0 Å². The molecule has 1 aromatic heterocycles. The Morgan fingerprint density at radius 2 is 1.85 bits per heavy atom. The van der Waals surface area contributed by atoms with Gasteiger partial charge in [0.05, 0.1) is 24.0 Å². The van der Waals surface area contributed by atoms with Crippen molar-refractivity contribution in [1.82, 2.24) is 19.7 Å². The molecule has 8 heteroatoms. The highest BCUT2D eigenvalue weighted by Crippen LogP contribution is 2.30. The molecule has 0 bridgehead atoms. The van der Waals surface area contributed by atoms with E-state index in [9.17, 15) is 9.59 Å². The van der Waals surface area contributed by atoms with Crippen molar-refractivity contribution in [2.45, 2.75) is 31.8 Å². The third kappa shape index (κ3) is 5.27. The van der Waals surface area contributed by atoms with Gasteiger partial charge in [-0.1, -0.05) is 60.3 Å². The number of likely N-dealkylation sites (tertiary alicyclic amines) is 1. The minimum atomic E-state index is -0.243. The van der Waals surface area contributed by atoms with Gasteiger partial charge in [-0.2, -0.15) is 0 Å². The number of carbonyl (C=O) groups excluding carboxylic acids is 2. The summed E-state index contributed by atoms with van der Waals surface area (Å²) in [7, 11) is 0. The molecule has 3 aromatic rings. The van der Waals surface area contributed by atoms with Crippen molar-refractivity contribution in [3.63, 3.8) is 0 Å². The molecule has 0 spiro atoms. The Balaban J connectivity index is 1.54. The zero-order chi connectivity index (χ0) is 23.2. The van der Waals surface area contributed by atoms with Crippen LogP contribution in [0.15, 0.2) is 59.8 Å². The molecule has 0 radical (unpaired) electrons. The highest BCUT2D eigenvalue weighted by molar-refractivity contribution is 7.99. The first kappa shape index (κ1) is 23.0. The molecule has 1 fully saturated rings. The summed E-state index contributed by atoms with van der Waals surface area (Å²) in [5.41, 5.74) is 3.03. The van der Waals surface area contributed by atoms with Gasteiger partial charge < -0.3 is 9.64 Å². The van der Waals surface area contributed by atoms with Crippen LogP contribution >= 0.6 is 11.8 Å². The Morgan fingerprint density at radius 1 is 1.09 bits per heavy atom. The van der Waals surface area contributed by atoms with Crippen molar-refractivity contribution in [3.8, 4) is 17.1 Å². The summed E-state index contributed by atoms with van der Waals surface area (Å²) in [6.45, 7) is 5.28. The van der Waals surface area contributed by atoms with Gasteiger partial charge in [0.15, 0.2) is 11.0 Å². The van der Waals surface area contributed by atoms with E-state index in [4.69, 9.17) is 4.74 Å². The summed E-state index contributed by atoms with van der Waals surface area (Å²) in [6, 6.07) is 18.0. The first-order chi connectivity index (χ1) is 16.1. The van der Waals surface area contributed by atoms with Gasteiger partial charge >= 0.3 is 5.97 Å². The highest BCUT2D eigenvalue weighted by atomic mass is 32.2. The van der Waals surface area contributed by atoms with E-state index in [1.807, 2.05) is 66.1 Å². The molecule has 7 nitrogen and oxygen atoms in total. The average Bonchev–Trinajstić information content (AvgIpc) is 3.27. The molecule has 33 heavy (non-hydrogen) atoms. The Hall–Kier alpha value is -3.13. The van der Waals surface area contributed by atoms with Crippen LogP contribution in [0.25, 0.3) is 17.1 Å². The number of thioether (sulfide) groups is 1. The summed E-state index contributed by atoms with van der Waals surface area (Å²) in [5.74, 6) is 0.506. The van der Waals surface area contributed by atoms with E-state index in [0.717, 1.165) is 35.5 Å². The smallest absolute Gasteiger partial charge is 0.310 e. The van der Waals surface area contributed by atoms with Gasteiger partial charge in [-0.05, 0) is 38.3 Å². The number of carbonyl (C=O) groups is 2. The molecule has 4 rings (SSSR count). The van der Waals surface area contributed by atoms with Crippen LogP contribution in [0.1, 0.15) is 25.3 Å². The topological polar surface area (TPSA) is 77.3 Å². The zero-order valence-corrected chi connectivity index (χ0v) is 19.8. The summed E-state index contributed by atoms with van der Waals surface area (Å²) in [4.78, 5) is 26.9. The average molecular weight is 465 g/mol. The minimum Gasteiger partial charge on any atom is -0.466 e. The quantitative estimate of drug-likeness (QED) is 0.386. The molecule has 1 atom stereocenters. The molecule has 1 amide bonds. The third-order valence-electron chi connectivity index (χ3n) is 5.74. The van der Waals surface area contributed by atoms with Crippen LogP contribution < -0.4 is 0 Å². The minimum absolute atomic E-state index is 0.00501. The monoisotopic (exact) mass is 464 g/mol. The molecule has 1 unspecified atom stereocenters. The van der Waals surface area contributed by atoms with Gasteiger partial charge in [0, 0.05) is 18.7 Å². The molecule has 1 aliphatic rings. The molecular weight excluding hydrogens is 436 g/mol. The first-order valence-electron chi connectivity index (χ1n) is 11.2. The van der Waals surface area contributed by atoms with Crippen molar-refractivity contribution in [1.29, 1.82) is 0 Å². The number of rotatable bonds is 7. The largest absolute Gasteiger partial charge is 0.466 e. The zero-order valence-electron chi connectivity index (χ0n) is 18.9. The second kappa shape index (κ2) is 10.7. The number of para-hydroxylation sites is 1. The van der Waals surface area contributed by atoms with Gasteiger partial charge in [0.25, 0.3) is 0 Å². The van der Waals surface area contributed by atoms with Gasteiger partial charge in [-0.3, -0.25) is 14.2 Å². The lowest BCUT2D eigenvalue weighted by molar-refractivity contribution is -0.151. The number of ether oxygens (including phenoxy) is 1. The maximum Gasteiger partial charge on any atom is 0.310 e. The lowest BCUT2D eigenvalue weighted by atomic mass is 9.98. The Bertz CT molecular complexity index is 1120. The van der Waals surface area contributed by atoms with Gasteiger partial charge in [-0.25, -0.2) is 0 Å². The number of hydrogen-bond donors (Lipinski definition) is 0. The summed E-state index contributed by atoms with van der Waals surface area (Å²) >= 11 is 1.37. The second-order valence-corrected chi connectivity index (χ2v) is 8.96. The summed E-state index contributed by atoms with van der Waals surface area (Å²) in [6.07, 6.45) is 1.56. The fourth-order valence-corrected chi connectivity index (χ4v) is 4.89. The highest BCUT2D eigenvalue weighted by Gasteiger charge is 2.29. The first-order valence-corrected chi connectivity index (χ1v) is 12.2. The number of benzene rings is 2. The number of esters is 1. The predicted molar refractivity (Wildman–Crippen MR) is 128 cm³/mol. The lowest BCUT2D eigenvalue weighted by Crippen LogP contribution is -2.43. The van der Waals surface area contributed by atoms with Crippen LogP contribution in [0.4, 0.5) is 0 Å². The number of aromatic nitrogens is 3. The molecule has 0 saturated carbocycles. The molecular formula is C25H28N4O3S. The van der Waals surface area contributed by atoms with Gasteiger partial charge in [0.2, 0.25) is 5.91 Å². The fraction of sp³-hybridized carbons (Fsp3) is 0.360. The van der Waals surface area contributed by atoms with Gasteiger partial charge in [-0.15, -0.1) is 10.2 Å². The SMILES string of the molecule is CCOC(=O)C1CCCN(C(=O)CSc2nnc(-c3ccccc3)n2-c2ccccc2C)C1. The van der Waals surface area contributed by atoms with E-state index in [1.165, 1.54) is 11.8 Å². The second-order valence-electron chi connectivity index (χ2n) is 8.01. The maximum absolute atomic E-state index is 13.0. The normalized spacial score (nSPS) is 15.9. The van der Waals surface area contributed by atoms with Crippen molar-refractivity contribution >= 4 is 23.6 Å². The summed E-state index contributed by atoms with van der Waals surface area (Å²) in [5, 5.41) is 9.54. The van der Waals surface area contributed by atoms with E-state index in [2.05, 4.69) is 10.2 Å². The third-order valence-corrected chi connectivity index (χ3v) is 6.65. The van der Waals surface area contributed by atoms with Gasteiger partial charge in [0.1, 0.15) is 0 Å². The van der Waals surface area contributed by atoms with Crippen LogP contribution in [-0.4, -0.2) is 57.0 Å². The van der Waals surface area contributed by atoms with E-state index in [0.29, 0.717) is 24.9 Å². The number of nitrogens with zero attached hydrogens (tertiary/aromatic N) is 4. The standard InChI is InChI=1S/C25H28N4O3S/c1-3-32-24(31)20-13-9-15-28(16-20)22(30)17-33-25-27-26-23(19-11-5-4-6-12-19)29(25)21-14-8-7-10-18(21)2/h4-8,10-12,14,20H,3,9,13,15-17H2,1-2H3. The lowest BCUT2D eigenvalue weighted by Gasteiger charge is -2.31. The van der Waals surface area contributed by atoms with Crippen LogP contribution in [-0.2, 0) is 14.3 Å². The molecule has 1 saturated heterocycles. The Labute approximate surface area is 198 Å². The maximum atomic E-state index is 13.0. The number of hydrogen-bond acceptors (Lipinski definition) is 6.